The molecule has 1 aromatic carbocycles. The summed E-state index contributed by atoms with van der Waals surface area (Å²) < 4.78 is 26.7. The summed E-state index contributed by atoms with van der Waals surface area (Å²) in [7, 11) is -3.58. The van der Waals surface area contributed by atoms with E-state index in [2.05, 4.69) is 10.4 Å². The van der Waals surface area contributed by atoms with Crippen LogP contribution in [-0.2, 0) is 16.6 Å². The van der Waals surface area contributed by atoms with Crippen LogP contribution < -0.4 is 11.3 Å². The molecule has 0 aliphatic heterocycles. The van der Waals surface area contributed by atoms with Crippen molar-refractivity contribution in [2.24, 2.45) is 5.84 Å². The first-order chi connectivity index (χ1) is 10.1. The Labute approximate surface area is 124 Å². The number of pyridine rings is 1. The largest absolute Gasteiger partial charge is 0.308 e. The van der Waals surface area contributed by atoms with Gasteiger partial charge in [0.1, 0.15) is 5.82 Å². The third-order valence-corrected chi connectivity index (χ3v) is 4.99. The standard InChI is InChI=1S/C14H18N4O2S/c1-2-18(11-12-6-4-3-5-7-12)21(19,20)13-8-9-16-14(10-13)17-15/h3-10H,2,11,15H2,1H3,(H,16,17). The number of nitrogens with two attached hydrogens (primary N) is 1. The summed E-state index contributed by atoms with van der Waals surface area (Å²) in [6, 6.07) is 12.4. The van der Waals surface area contributed by atoms with Crippen LogP contribution in [0.15, 0.2) is 53.6 Å². The first-order valence-corrected chi connectivity index (χ1v) is 7.98. The van der Waals surface area contributed by atoms with E-state index in [-0.39, 0.29) is 4.90 Å². The van der Waals surface area contributed by atoms with E-state index in [0.717, 1.165) is 5.56 Å². The maximum absolute atomic E-state index is 12.7. The molecule has 21 heavy (non-hydrogen) atoms. The fourth-order valence-corrected chi connectivity index (χ4v) is 3.40. The summed E-state index contributed by atoms with van der Waals surface area (Å²) in [5.74, 6) is 5.59. The Kier molecular flexibility index (Phi) is 4.89. The molecule has 0 saturated heterocycles. The molecule has 0 aliphatic rings. The van der Waals surface area contributed by atoms with Crippen LogP contribution in [0.25, 0.3) is 0 Å². The maximum atomic E-state index is 12.7. The smallest absolute Gasteiger partial charge is 0.243 e. The molecule has 7 heteroatoms. The molecule has 0 atom stereocenters. The molecule has 2 rings (SSSR count). The van der Waals surface area contributed by atoms with Gasteiger partial charge in [0.25, 0.3) is 0 Å². The lowest BCUT2D eigenvalue weighted by molar-refractivity contribution is 0.423. The fraction of sp³-hybridized carbons (Fsp3) is 0.214. The van der Waals surface area contributed by atoms with Crippen molar-refractivity contribution in [1.29, 1.82) is 0 Å². The lowest BCUT2D eigenvalue weighted by atomic mass is 10.2. The molecule has 0 radical (unpaired) electrons. The van der Waals surface area contributed by atoms with E-state index in [4.69, 9.17) is 5.84 Å². The Morgan fingerprint density at radius 2 is 1.95 bits per heavy atom. The number of hydrogen-bond donors (Lipinski definition) is 2. The molecular formula is C14H18N4O2S. The van der Waals surface area contributed by atoms with Gasteiger partial charge in [-0.2, -0.15) is 4.31 Å². The summed E-state index contributed by atoms with van der Waals surface area (Å²) in [4.78, 5) is 4.09. The molecule has 112 valence electrons. The van der Waals surface area contributed by atoms with Gasteiger partial charge in [0.2, 0.25) is 10.0 Å². The normalized spacial score (nSPS) is 11.6. The average Bonchev–Trinajstić information content (AvgIpc) is 2.53. The van der Waals surface area contributed by atoms with Gasteiger partial charge in [0, 0.05) is 25.4 Å². The highest BCUT2D eigenvalue weighted by atomic mass is 32.2. The van der Waals surface area contributed by atoms with Crippen LogP contribution in [0.5, 0.6) is 0 Å². The number of nitrogens with one attached hydrogen (secondary N) is 1. The van der Waals surface area contributed by atoms with Crippen LogP contribution in [0.2, 0.25) is 0 Å². The van der Waals surface area contributed by atoms with Crippen LogP contribution in [0, 0.1) is 0 Å². The highest BCUT2D eigenvalue weighted by Gasteiger charge is 2.23. The van der Waals surface area contributed by atoms with Gasteiger partial charge >= 0.3 is 0 Å². The molecule has 0 amide bonds. The number of rotatable bonds is 6. The third kappa shape index (κ3) is 3.57. The number of sulfonamides is 1. The van der Waals surface area contributed by atoms with Crippen molar-refractivity contribution < 1.29 is 8.42 Å². The first kappa shape index (κ1) is 15.4. The van der Waals surface area contributed by atoms with Gasteiger partial charge in [0.05, 0.1) is 4.90 Å². The van der Waals surface area contributed by atoms with Gasteiger partial charge in [-0.3, -0.25) is 0 Å². The molecule has 0 fully saturated rings. The topological polar surface area (TPSA) is 88.3 Å². The summed E-state index contributed by atoms with van der Waals surface area (Å²) in [6.45, 7) is 2.52. The Balaban J connectivity index is 2.31. The zero-order valence-electron chi connectivity index (χ0n) is 11.7. The fourth-order valence-electron chi connectivity index (χ4n) is 1.95. The number of hydrogen-bond acceptors (Lipinski definition) is 5. The van der Waals surface area contributed by atoms with E-state index < -0.39 is 10.0 Å². The van der Waals surface area contributed by atoms with E-state index in [1.54, 1.807) is 0 Å². The van der Waals surface area contributed by atoms with Crippen molar-refractivity contribution >= 4 is 15.8 Å². The van der Waals surface area contributed by atoms with E-state index in [0.29, 0.717) is 18.9 Å². The van der Waals surface area contributed by atoms with E-state index in [1.807, 2.05) is 37.3 Å². The summed E-state index contributed by atoms with van der Waals surface area (Å²) in [5.41, 5.74) is 3.29. The van der Waals surface area contributed by atoms with E-state index in [9.17, 15) is 8.42 Å². The van der Waals surface area contributed by atoms with E-state index >= 15 is 0 Å². The zero-order valence-corrected chi connectivity index (χ0v) is 12.5. The number of aromatic nitrogens is 1. The van der Waals surface area contributed by atoms with Gasteiger partial charge < -0.3 is 5.43 Å². The molecule has 0 unspecified atom stereocenters. The van der Waals surface area contributed by atoms with Crippen LogP contribution in [0.3, 0.4) is 0 Å². The Hall–Kier alpha value is -1.96. The molecule has 1 heterocycles. The Morgan fingerprint density at radius 3 is 2.57 bits per heavy atom. The van der Waals surface area contributed by atoms with Crippen LogP contribution in [-0.4, -0.2) is 24.3 Å². The van der Waals surface area contributed by atoms with Gasteiger partial charge in [-0.05, 0) is 11.6 Å². The maximum Gasteiger partial charge on any atom is 0.243 e. The average molecular weight is 306 g/mol. The molecule has 2 aromatic rings. The number of anilines is 1. The van der Waals surface area contributed by atoms with Gasteiger partial charge in [0.15, 0.2) is 0 Å². The lowest BCUT2D eigenvalue weighted by Gasteiger charge is -2.20. The number of benzene rings is 1. The second-order valence-corrected chi connectivity index (χ2v) is 6.38. The Morgan fingerprint density at radius 1 is 1.24 bits per heavy atom. The van der Waals surface area contributed by atoms with Gasteiger partial charge in [-0.25, -0.2) is 19.2 Å². The molecule has 0 spiro atoms. The molecule has 1 aromatic heterocycles. The quantitative estimate of drug-likeness (QED) is 0.625. The minimum atomic E-state index is -3.58. The van der Waals surface area contributed by atoms with Crippen LogP contribution in [0.4, 0.5) is 5.82 Å². The molecule has 0 bridgehead atoms. The van der Waals surface area contributed by atoms with Crippen molar-refractivity contribution in [2.45, 2.75) is 18.4 Å². The highest BCUT2D eigenvalue weighted by Crippen LogP contribution is 2.19. The molecular weight excluding hydrogens is 288 g/mol. The third-order valence-electron chi connectivity index (χ3n) is 3.07. The van der Waals surface area contributed by atoms with Gasteiger partial charge in [-0.1, -0.05) is 37.3 Å². The minimum Gasteiger partial charge on any atom is -0.308 e. The van der Waals surface area contributed by atoms with Crippen molar-refractivity contribution in [1.82, 2.24) is 9.29 Å². The second-order valence-electron chi connectivity index (χ2n) is 4.44. The number of hydrazine groups is 1. The monoisotopic (exact) mass is 306 g/mol. The SMILES string of the molecule is CCN(Cc1ccccc1)S(=O)(=O)c1ccnc(NN)c1. The Bertz CT molecular complexity index is 689. The van der Waals surface area contributed by atoms with Crippen molar-refractivity contribution in [3.63, 3.8) is 0 Å². The zero-order chi connectivity index (χ0) is 15.3. The van der Waals surface area contributed by atoms with Crippen molar-refractivity contribution in [2.75, 3.05) is 12.0 Å². The van der Waals surface area contributed by atoms with Crippen molar-refractivity contribution in [3.05, 3.63) is 54.2 Å². The lowest BCUT2D eigenvalue weighted by Crippen LogP contribution is -2.30. The summed E-state index contributed by atoms with van der Waals surface area (Å²) in [5, 5.41) is 0. The molecule has 6 nitrogen and oxygen atoms in total. The van der Waals surface area contributed by atoms with Crippen LogP contribution >= 0.6 is 0 Å². The summed E-state index contributed by atoms with van der Waals surface area (Å²) >= 11 is 0. The highest BCUT2D eigenvalue weighted by molar-refractivity contribution is 7.89. The number of nitrogen functional groups attached to an aromatic ring is 1. The van der Waals surface area contributed by atoms with Gasteiger partial charge in [-0.15, -0.1) is 0 Å². The predicted octanol–water partition coefficient (Wildman–Crippen LogP) is 1.58. The molecule has 3 N–H and O–H groups in total. The number of nitrogens with zero attached hydrogens (tertiary/aromatic N) is 2. The minimum absolute atomic E-state index is 0.170. The molecule has 0 saturated carbocycles. The van der Waals surface area contributed by atoms with E-state index in [1.165, 1.54) is 22.6 Å². The predicted molar refractivity (Wildman–Crippen MR) is 81.8 cm³/mol. The molecule has 0 aliphatic carbocycles. The first-order valence-electron chi connectivity index (χ1n) is 6.54. The van der Waals surface area contributed by atoms with Crippen molar-refractivity contribution in [3.8, 4) is 0 Å². The summed E-state index contributed by atoms with van der Waals surface area (Å²) in [6.07, 6.45) is 1.42. The second kappa shape index (κ2) is 6.66. The van der Waals surface area contributed by atoms with Crippen LogP contribution in [0.1, 0.15) is 12.5 Å².